The molecule has 15 nitrogen and oxygen atoms in total. The number of nitrogens with one attached hydrogen (secondary N) is 2. The van der Waals surface area contributed by atoms with Gasteiger partial charge >= 0.3 is 0 Å². The van der Waals surface area contributed by atoms with Gasteiger partial charge in [0.15, 0.2) is 57.8 Å². The molecule has 5 aliphatic rings. The number of ether oxygens (including phenoxy) is 7. The highest BCUT2D eigenvalue weighted by Gasteiger charge is 2.37. The molecule has 5 aliphatic heterocycles. The lowest BCUT2D eigenvalue weighted by Crippen LogP contribution is -2.29. The molecular weight excluding hydrogens is 801 g/mol. The third-order valence-corrected chi connectivity index (χ3v) is 11.4. The summed E-state index contributed by atoms with van der Waals surface area (Å²) >= 11 is 0. The Morgan fingerprint density at radius 2 is 0.714 bits per heavy atom. The quantitative estimate of drug-likeness (QED) is 0.168. The monoisotopic (exact) mass is 836 g/mol. The van der Waals surface area contributed by atoms with Gasteiger partial charge in [-0.05, 0) is 73.7 Å². The Labute approximate surface area is 358 Å². The van der Waals surface area contributed by atoms with Crippen LogP contribution in [0.1, 0.15) is 47.1 Å². The van der Waals surface area contributed by atoms with Crippen LogP contribution in [0.4, 0.5) is 0 Å². The summed E-state index contributed by atoms with van der Waals surface area (Å²) in [6.07, 6.45) is 0. The van der Waals surface area contributed by atoms with Crippen molar-refractivity contribution in [2.24, 2.45) is 0 Å². The van der Waals surface area contributed by atoms with Crippen molar-refractivity contribution in [2.75, 3.05) is 0 Å². The first kappa shape index (κ1) is 35.8. The standard InChI is InChI=1S/C48H36N8O7/c1-21-8-10-22(11-9-21)57-23-12-13-24-25(14-23)39-49-38(24)50-40-26-15-32-33(59-46(2,3)58-32)16-27(26)42(52-40)54-44-30-19-36-37(63-48(6,7)62-36)20-31(30)45(56-44)55-43-29-18-35-34(60-47(4,5)61-35)17-28(29)41(51-39)53-43/h8-20H,1-7H3,(H2,49,50,51,52,53,54,55,56). The minimum Gasteiger partial charge on any atom is -0.457 e. The largest absolute Gasteiger partial charge is 0.457 e. The Balaban J connectivity index is 1.13. The van der Waals surface area contributed by atoms with Gasteiger partial charge in [-0.15, -0.1) is 0 Å². The number of nitrogens with zero attached hydrogens (tertiary/aromatic N) is 6. The molecule has 2 N–H and O–H groups in total. The van der Waals surface area contributed by atoms with Crippen molar-refractivity contribution in [3.63, 3.8) is 0 Å². The number of rotatable bonds is 2. The predicted molar refractivity (Wildman–Crippen MR) is 233 cm³/mol. The molecule has 0 spiro atoms. The molecule has 8 bridgehead atoms. The normalized spacial score (nSPS) is 16.4. The molecule has 63 heavy (non-hydrogen) atoms. The number of aromatic nitrogens is 8. The zero-order chi connectivity index (χ0) is 42.7. The van der Waals surface area contributed by atoms with Crippen molar-refractivity contribution < 1.29 is 33.2 Å². The van der Waals surface area contributed by atoms with Crippen LogP contribution in [0.25, 0.3) is 89.7 Å². The molecule has 8 heterocycles. The van der Waals surface area contributed by atoms with E-state index in [0.29, 0.717) is 103 Å². The zero-order valence-electron chi connectivity index (χ0n) is 35.0. The Morgan fingerprint density at radius 3 is 1.11 bits per heavy atom. The Hall–Kier alpha value is -7.94. The van der Waals surface area contributed by atoms with Crippen molar-refractivity contribution in [2.45, 2.75) is 65.8 Å². The van der Waals surface area contributed by atoms with E-state index in [2.05, 4.69) is 9.97 Å². The van der Waals surface area contributed by atoms with E-state index < -0.39 is 17.4 Å². The second kappa shape index (κ2) is 11.9. The lowest BCUT2D eigenvalue weighted by molar-refractivity contribution is -0.0437. The van der Waals surface area contributed by atoms with Gasteiger partial charge in [-0.1, -0.05) is 17.7 Å². The maximum Gasteiger partial charge on any atom is 0.246 e. The molecule has 15 heteroatoms. The van der Waals surface area contributed by atoms with Gasteiger partial charge in [-0.2, -0.15) is 0 Å². The average Bonchev–Trinajstić information content (AvgIpc) is 4.07. The maximum absolute atomic E-state index is 6.36. The average molecular weight is 837 g/mol. The second-order valence-electron chi connectivity index (χ2n) is 17.6. The van der Waals surface area contributed by atoms with E-state index in [1.807, 2.05) is 127 Å². The van der Waals surface area contributed by atoms with E-state index in [1.54, 1.807) is 0 Å². The second-order valence-corrected chi connectivity index (χ2v) is 17.6. The summed E-state index contributed by atoms with van der Waals surface area (Å²) in [5.41, 5.74) is 5.99. The van der Waals surface area contributed by atoms with E-state index in [9.17, 15) is 0 Å². The lowest BCUT2D eigenvalue weighted by Gasteiger charge is -2.16. The Kier molecular flexibility index (Phi) is 6.76. The predicted octanol–water partition coefficient (Wildman–Crippen LogP) is 10.5. The summed E-state index contributed by atoms with van der Waals surface area (Å²) in [5, 5.41) is 2.95. The van der Waals surface area contributed by atoms with Crippen LogP contribution in [0.15, 0.2) is 78.9 Å². The number of H-pyrrole nitrogens is 2. The lowest BCUT2D eigenvalue weighted by atomic mass is 10.1. The fourth-order valence-electron chi connectivity index (χ4n) is 8.73. The molecule has 0 aliphatic carbocycles. The van der Waals surface area contributed by atoms with Crippen LogP contribution in [0.3, 0.4) is 0 Å². The van der Waals surface area contributed by atoms with Crippen molar-refractivity contribution in [1.82, 2.24) is 39.9 Å². The van der Waals surface area contributed by atoms with Crippen molar-refractivity contribution in [3.05, 3.63) is 84.4 Å². The van der Waals surface area contributed by atoms with Crippen LogP contribution in [0, 0.1) is 6.92 Å². The van der Waals surface area contributed by atoms with E-state index >= 15 is 0 Å². The number of aryl methyl sites for hydroxylation is 1. The van der Waals surface area contributed by atoms with Crippen LogP contribution in [-0.2, 0) is 0 Å². The first-order chi connectivity index (χ1) is 30.2. The zero-order valence-corrected chi connectivity index (χ0v) is 35.0. The summed E-state index contributed by atoms with van der Waals surface area (Å²) in [4.78, 5) is 38.1. The molecule has 0 saturated heterocycles. The van der Waals surface area contributed by atoms with Gasteiger partial charge in [0.05, 0.1) is 0 Å². The molecule has 310 valence electrons. The number of hydrogen-bond acceptors (Lipinski definition) is 13. The molecule has 3 aromatic heterocycles. The molecule has 5 aromatic carbocycles. The van der Waals surface area contributed by atoms with Crippen LogP contribution in [0.5, 0.6) is 46.0 Å². The van der Waals surface area contributed by atoms with Crippen molar-refractivity contribution >= 4 is 44.1 Å². The third-order valence-electron chi connectivity index (χ3n) is 11.4. The first-order valence-electron chi connectivity index (χ1n) is 20.6. The van der Waals surface area contributed by atoms with Crippen molar-refractivity contribution in [1.29, 1.82) is 0 Å². The highest BCUT2D eigenvalue weighted by Crippen LogP contribution is 2.49. The molecule has 0 amide bonds. The minimum absolute atomic E-state index is 0.400. The molecule has 0 radical (unpaired) electrons. The van der Waals surface area contributed by atoms with Crippen molar-refractivity contribution in [3.8, 4) is 91.5 Å². The Bertz CT molecular complexity index is 3560. The third kappa shape index (κ3) is 5.65. The summed E-state index contributed by atoms with van der Waals surface area (Å²) in [7, 11) is 0. The minimum atomic E-state index is -0.869. The van der Waals surface area contributed by atoms with Gasteiger partial charge in [0, 0.05) is 85.3 Å². The molecule has 0 saturated carbocycles. The summed E-state index contributed by atoms with van der Waals surface area (Å²) in [6.45, 7) is 13.2. The van der Waals surface area contributed by atoms with Gasteiger partial charge in [0.1, 0.15) is 34.1 Å². The topological polar surface area (TPSA) is 174 Å². The van der Waals surface area contributed by atoms with Gasteiger partial charge in [-0.25, -0.2) is 29.9 Å². The SMILES string of the molecule is Cc1ccc(Oc2ccc3c(c2)-c2nc-3nc3[nH]c(nc4nc(nc5[nH]c(n2)c2cc6c(cc52)OC(C)(C)O6)-c2cc5c(cc2-4)OC(C)(C)O5)c2cc4c(cc32)OC(C)(C)O4)cc1. The number of benzene rings is 5. The van der Waals surface area contributed by atoms with Gasteiger partial charge < -0.3 is 43.1 Å². The van der Waals surface area contributed by atoms with Crippen LogP contribution in [0.2, 0.25) is 0 Å². The van der Waals surface area contributed by atoms with E-state index in [-0.39, 0.29) is 0 Å². The van der Waals surface area contributed by atoms with Crippen LogP contribution < -0.4 is 33.2 Å². The number of aromatic amines is 2. The maximum atomic E-state index is 6.36. The van der Waals surface area contributed by atoms with E-state index in [4.69, 9.17) is 63.1 Å². The highest BCUT2D eigenvalue weighted by atomic mass is 16.7. The summed E-state index contributed by atoms with van der Waals surface area (Å²) in [6, 6.07) is 25.2. The molecular formula is C48H36N8O7. The van der Waals surface area contributed by atoms with Gasteiger partial charge in [0.25, 0.3) is 0 Å². The fourth-order valence-corrected chi connectivity index (χ4v) is 8.73. The first-order valence-corrected chi connectivity index (χ1v) is 20.6. The van der Waals surface area contributed by atoms with Gasteiger partial charge in [0.2, 0.25) is 17.4 Å². The Morgan fingerprint density at radius 1 is 0.381 bits per heavy atom. The summed E-state index contributed by atoms with van der Waals surface area (Å²) in [5.74, 6) is 3.83. The summed E-state index contributed by atoms with van der Waals surface area (Å²) < 4.78 is 43.7. The molecule has 0 unspecified atom stereocenters. The smallest absolute Gasteiger partial charge is 0.246 e. The van der Waals surface area contributed by atoms with E-state index in [0.717, 1.165) is 38.2 Å². The molecule has 13 rings (SSSR count). The van der Waals surface area contributed by atoms with Crippen LogP contribution >= 0.6 is 0 Å². The van der Waals surface area contributed by atoms with Gasteiger partial charge in [-0.3, -0.25) is 0 Å². The fraction of sp³-hybridized carbons (Fsp3) is 0.208. The van der Waals surface area contributed by atoms with E-state index in [1.165, 1.54) is 0 Å². The molecule has 0 atom stereocenters. The van der Waals surface area contributed by atoms with Crippen LogP contribution in [-0.4, -0.2) is 57.2 Å². The number of fused-ring (bicyclic) bond motifs is 23. The highest BCUT2D eigenvalue weighted by molar-refractivity contribution is 6.08. The molecule has 0 fully saturated rings. The number of hydrogen-bond donors (Lipinski definition) is 2. The molecule has 8 aromatic rings.